The van der Waals surface area contributed by atoms with Crippen LogP contribution in [0.5, 0.6) is 0 Å². The van der Waals surface area contributed by atoms with E-state index in [9.17, 15) is 13.6 Å². The maximum absolute atomic E-state index is 13.6. The minimum absolute atomic E-state index is 0.00338. The Kier molecular flexibility index (Phi) is 3.44. The van der Waals surface area contributed by atoms with Crippen molar-refractivity contribution in [3.8, 4) is 0 Å². The molecule has 0 saturated carbocycles. The van der Waals surface area contributed by atoms with E-state index < -0.39 is 17.4 Å². The molecule has 104 valence electrons. The smallest absolute Gasteiger partial charge is 0.170 e. The Labute approximate surface area is 120 Å². The molecule has 2 aromatic carbocycles. The predicted octanol–water partition coefficient (Wildman–Crippen LogP) is 3.94. The second-order valence-corrected chi connectivity index (χ2v) is 4.71. The van der Waals surface area contributed by atoms with Crippen LogP contribution in [0, 0.1) is 11.6 Å². The molecule has 0 aliphatic rings. The van der Waals surface area contributed by atoms with E-state index in [0.29, 0.717) is 0 Å². The van der Waals surface area contributed by atoms with Crippen molar-refractivity contribution in [2.75, 3.05) is 0 Å². The van der Waals surface area contributed by atoms with E-state index in [-0.39, 0.29) is 12.0 Å². The number of para-hydroxylation sites is 1. The van der Waals surface area contributed by atoms with Crippen LogP contribution in [-0.4, -0.2) is 10.8 Å². The van der Waals surface area contributed by atoms with Crippen LogP contribution >= 0.6 is 0 Å². The van der Waals surface area contributed by atoms with Crippen molar-refractivity contribution in [3.63, 3.8) is 0 Å². The summed E-state index contributed by atoms with van der Waals surface area (Å²) in [4.78, 5) is 16.4. The number of fused-ring (bicyclic) bond motifs is 1. The molecule has 0 bridgehead atoms. The molecule has 0 unspecified atom stereocenters. The number of carbonyl (C=O) groups is 1. The molecule has 0 aliphatic carbocycles. The summed E-state index contributed by atoms with van der Waals surface area (Å²) in [5.74, 6) is -1.79. The maximum atomic E-state index is 13.6. The van der Waals surface area contributed by atoms with Gasteiger partial charge < -0.3 is 0 Å². The van der Waals surface area contributed by atoms with Crippen LogP contribution in [-0.2, 0) is 6.42 Å². The minimum atomic E-state index is -0.709. The second-order valence-electron chi connectivity index (χ2n) is 4.71. The van der Waals surface area contributed by atoms with Gasteiger partial charge in [0.15, 0.2) is 5.78 Å². The van der Waals surface area contributed by atoms with Gasteiger partial charge in [-0.3, -0.25) is 9.78 Å². The molecule has 0 fully saturated rings. The molecule has 21 heavy (non-hydrogen) atoms. The van der Waals surface area contributed by atoms with Crippen molar-refractivity contribution >= 4 is 16.7 Å². The van der Waals surface area contributed by atoms with E-state index in [1.54, 1.807) is 12.3 Å². The zero-order valence-corrected chi connectivity index (χ0v) is 11.0. The number of nitrogens with zero attached hydrogens (tertiary/aromatic N) is 1. The summed E-state index contributed by atoms with van der Waals surface area (Å²) in [5, 5.41) is 0.838. The minimum Gasteiger partial charge on any atom is -0.294 e. The lowest BCUT2D eigenvalue weighted by molar-refractivity contribution is 0.0989. The summed E-state index contributed by atoms with van der Waals surface area (Å²) >= 11 is 0. The molecule has 0 atom stereocenters. The Hall–Kier alpha value is -2.62. The third kappa shape index (κ3) is 2.65. The van der Waals surface area contributed by atoms with Gasteiger partial charge in [-0.25, -0.2) is 8.78 Å². The van der Waals surface area contributed by atoms with Crippen LogP contribution in [0.3, 0.4) is 0 Å². The molecule has 0 spiro atoms. The number of pyridine rings is 1. The fourth-order valence-corrected chi connectivity index (χ4v) is 2.29. The highest BCUT2D eigenvalue weighted by molar-refractivity contribution is 5.99. The zero-order valence-electron chi connectivity index (χ0n) is 11.0. The summed E-state index contributed by atoms with van der Waals surface area (Å²) in [6.07, 6.45) is 1.61. The molecule has 0 aliphatic heterocycles. The predicted molar refractivity (Wildman–Crippen MR) is 76.1 cm³/mol. The number of Topliss-reactive ketones (excluding diaryl/α,β-unsaturated/α-hetero) is 1. The average molecular weight is 283 g/mol. The lowest BCUT2D eigenvalue weighted by atomic mass is 10.00. The van der Waals surface area contributed by atoms with Crippen molar-refractivity contribution in [1.29, 1.82) is 0 Å². The van der Waals surface area contributed by atoms with Gasteiger partial charge in [-0.2, -0.15) is 0 Å². The highest BCUT2D eigenvalue weighted by Crippen LogP contribution is 2.19. The zero-order chi connectivity index (χ0) is 14.8. The summed E-state index contributed by atoms with van der Waals surface area (Å²) in [5.41, 5.74) is 1.28. The van der Waals surface area contributed by atoms with Crippen LogP contribution in [0.25, 0.3) is 10.9 Å². The van der Waals surface area contributed by atoms with E-state index in [2.05, 4.69) is 4.98 Å². The fraction of sp³-hybridized carbons (Fsp3) is 0.0588. The monoisotopic (exact) mass is 283 g/mol. The topological polar surface area (TPSA) is 30.0 Å². The quantitative estimate of drug-likeness (QED) is 0.681. The number of hydrogen-bond acceptors (Lipinski definition) is 2. The summed E-state index contributed by atoms with van der Waals surface area (Å²) in [7, 11) is 0. The Balaban J connectivity index is 1.99. The van der Waals surface area contributed by atoms with Crippen molar-refractivity contribution < 1.29 is 13.6 Å². The van der Waals surface area contributed by atoms with E-state index in [1.807, 2.05) is 24.3 Å². The Morgan fingerprint density at radius 1 is 1.05 bits per heavy atom. The van der Waals surface area contributed by atoms with Gasteiger partial charge in [-0.05, 0) is 35.9 Å². The number of rotatable bonds is 3. The van der Waals surface area contributed by atoms with Gasteiger partial charge in [0, 0.05) is 18.0 Å². The Morgan fingerprint density at radius 3 is 2.71 bits per heavy atom. The molecule has 0 N–H and O–H groups in total. The average Bonchev–Trinajstić information content (AvgIpc) is 2.50. The van der Waals surface area contributed by atoms with Crippen LogP contribution in [0.1, 0.15) is 15.9 Å². The van der Waals surface area contributed by atoms with Crippen molar-refractivity contribution in [3.05, 3.63) is 77.5 Å². The standard InChI is InChI=1S/C17H11F2NO/c18-12-5-6-15(19)14(10-12)17(21)9-11-7-8-20-16-4-2-1-3-13(11)16/h1-8,10H,9H2. The van der Waals surface area contributed by atoms with Gasteiger partial charge in [0.05, 0.1) is 11.1 Å². The van der Waals surface area contributed by atoms with Gasteiger partial charge in [0.1, 0.15) is 11.6 Å². The van der Waals surface area contributed by atoms with Crippen LogP contribution in [0.4, 0.5) is 8.78 Å². The molecule has 3 rings (SSSR count). The molecular weight excluding hydrogens is 272 g/mol. The molecule has 1 aromatic heterocycles. The highest BCUT2D eigenvalue weighted by Gasteiger charge is 2.14. The van der Waals surface area contributed by atoms with Crippen LogP contribution in [0.2, 0.25) is 0 Å². The number of carbonyl (C=O) groups excluding carboxylic acids is 1. The van der Waals surface area contributed by atoms with Gasteiger partial charge in [0.2, 0.25) is 0 Å². The number of aromatic nitrogens is 1. The first-order valence-electron chi connectivity index (χ1n) is 6.46. The molecule has 2 nitrogen and oxygen atoms in total. The molecule has 0 saturated heterocycles. The van der Waals surface area contributed by atoms with Crippen molar-refractivity contribution in [2.24, 2.45) is 0 Å². The number of benzene rings is 2. The SMILES string of the molecule is O=C(Cc1ccnc2ccccc12)c1cc(F)ccc1F. The van der Waals surface area contributed by atoms with Gasteiger partial charge in [0.25, 0.3) is 0 Å². The van der Waals surface area contributed by atoms with E-state index >= 15 is 0 Å². The van der Waals surface area contributed by atoms with Crippen LogP contribution < -0.4 is 0 Å². The molecule has 1 heterocycles. The van der Waals surface area contributed by atoms with E-state index in [0.717, 1.165) is 34.7 Å². The molecule has 3 aromatic rings. The third-order valence-corrected chi connectivity index (χ3v) is 3.32. The molecule has 0 radical (unpaired) electrons. The van der Waals surface area contributed by atoms with Gasteiger partial charge in [-0.1, -0.05) is 18.2 Å². The molecular formula is C17H11F2NO. The summed E-state index contributed by atoms with van der Waals surface area (Å²) in [6.45, 7) is 0. The molecule has 0 amide bonds. The first kappa shape index (κ1) is 13.4. The summed E-state index contributed by atoms with van der Waals surface area (Å²) in [6, 6.07) is 12.0. The first-order valence-corrected chi connectivity index (χ1v) is 6.46. The number of ketones is 1. The largest absolute Gasteiger partial charge is 0.294 e. The van der Waals surface area contributed by atoms with E-state index in [1.165, 1.54) is 0 Å². The van der Waals surface area contributed by atoms with Gasteiger partial charge in [-0.15, -0.1) is 0 Å². The Morgan fingerprint density at radius 2 is 1.86 bits per heavy atom. The first-order chi connectivity index (χ1) is 10.1. The number of halogens is 2. The lowest BCUT2D eigenvalue weighted by Crippen LogP contribution is -2.07. The maximum Gasteiger partial charge on any atom is 0.170 e. The van der Waals surface area contributed by atoms with E-state index in [4.69, 9.17) is 0 Å². The Bertz CT molecular complexity index is 825. The summed E-state index contributed by atoms with van der Waals surface area (Å²) < 4.78 is 26.8. The van der Waals surface area contributed by atoms with Crippen molar-refractivity contribution in [2.45, 2.75) is 6.42 Å². The lowest BCUT2D eigenvalue weighted by Gasteiger charge is -2.06. The normalized spacial score (nSPS) is 10.8. The third-order valence-electron chi connectivity index (χ3n) is 3.32. The van der Waals surface area contributed by atoms with Crippen molar-refractivity contribution in [1.82, 2.24) is 4.98 Å². The molecule has 4 heteroatoms. The number of hydrogen-bond donors (Lipinski definition) is 0. The van der Waals surface area contributed by atoms with Crippen LogP contribution in [0.15, 0.2) is 54.7 Å². The van der Waals surface area contributed by atoms with Gasteiger partial charge >= 0.3 is 0 Å². The highest BCUT2D eigenvalue weighted by atomic mass is 19.1. The second kappa shape index (κ2) is 5.40. The fourth-order valence-electron chi connectivity index (χ4n) is 2.29.